The lowest BCUT2D eigenvalue weighted by Gasteiger charge is -2.15. The highest BCUT2D eigenvalue weighted by atomic mass is 16.5. The molecule has 1 aromatic rings. The molecule has 0 aliphatic rings. The lowest BCUT2D eigenvalue weighted by Crippen LogP contribution is -2.31. The Bertz CT molecular complexity index is 389. The minimum Gasteiger partial charge on any atom is -0.395 e. The van der Waals surface area contributed by atoms with Crippen molar-refractivity contribution in [1.29, 1.82) is 0 Å². The average Bonchev–Trinajstić information content (AvgIpc) is 2.71. The van der Waals surface area contributed by atoms with E-state index in [1.807, 2.05) is 6.92 Å². The van der Waals surface area contributed by atoms with E-state index in [1.165, 1.54) is 0 Å². The molecular formula is C12H22N4O2. The van der Waals surface area contributed by atoms with E-state index in [4.69, 9.17) is 10.5 Å². The SMILES string of the molecule is CCCc1[nH]nc(C(=O)N(C)CCOCC)c1N. The van der Waals surface area contributed by atoms with Gasteiger partial charge in [0.2, 0.25) is 0 Å². The molecule has 0 aliphatic carbocycles. The van der Waals surface area contributed by atoms with Crippen LogP contribution in [0.2, 0.25) is 0 Å². The summed E-state index contributed by atoms with van der Waals surface area (Å²) in [6.45, 7) is 5.67. The molecule has 0 saturated heterocycles. The fourth-order valence-corrected chi connectivity index (χ4v) is 1.62. The van der Waals surface area contributed by atoms with Crippen molar-refractivity contribution in [3.05, 3.63) is 11.4 Å². The number of anilines is 1. The quantitative estimate of drug-likeness (QED) is 0.712. The van der Waals surface area contributed by atoms with Crippen LogP contribution in [0.4, 0.5) is 5.69 Å². The molecule has 1 amide bonds. The molecule has 102 valence electrons. The van der Waals surface area contributed by atoms with Crippen LogP contribution in [-0.2, 0) is 11.2 Å². The van der Waals surface area contributed by atoms with Gasteiger partial charge < -0.3 is 15.4 Å². The summed E-state index contributed by atoms with van der Waals surface area (Å²) in [4.78, 5) is 13.7. The highest BCUT2D eigenvalue weighted by molar-refractivity contribution is 5.97. The van der Waals surface area contributed by atoms with Gasteiger partial charge in [-0.05, 0) is 13.3 Å². The normalized spacial score (nSPS) is 10.6. The van der Waals surface area contributed by atoms with Gasteiger partial charge in [-0.3, -0.25) is 9.89 Å². The zero-order valence-electron chi connectivity index (χ0n) is 11.3. The van der Waals surface area contributed by atoms with Crippen LogP contribution in [0.25, 0.3) is 0 Å². The van der Waals surface area contributed by atoms with Gasteiger partial charge in [0.1, 0.15) is 0 Å². The van der Waals surface area contributed by atoms with Crippen LogP contribution in [0.15, 0.2) is 0 Å². The van der Waals surface area contributed by atoms with Crippen molar-refractivity contribution in [2.24, 2.45) is 0 Å². The van der Waals surface area contributed by atoms with Gasteiger partial charge in [-0.25, -0.2) is 0 Å². The molecule has 0 saturated carbocycles. The number of rotatable bonds is 7. The summed E-state index contributed by atoms with van der Waals surface area (Å²) in [7, 11) is 1.72. The Kier molecular flexibility index (Phi) is 5.64. The molecule has 18 heavy (non-hydrogen) atoms. The molecule has 0 spiro atoms. The minimum atomic E-state index is -0.175. The van der Waals surface area contributed by atoms with Crippen molar-refractivity contribution in [3.63, 3.8) is 0 Å². The number of carbonyl (C=O) groups is 1. The molecule has 0 radical (unpaired) electrons. The number of nitrogens with one attached hydrogen (secondary N) is 1. The summed E-state index contributed by atoms with van der Waals surface area (Å²) in [5.74, 6) is -0.175. The number of nitrogen functional groups attached to an aromatic ring is 1. The average molecular weight is 254 g/mol. The summed E-state index contributed by atoms with van der Waals surface area (Å²) in [6, 6.07) is 0. The Balaban J connectivity index is 2.65. The summed E-state index contributed by atoms with van der Waals surface area (Å²) >= 11 is 0. The predicted molar refractivity (Wildman–Crippen MR) is 70.4 cm³/mol. The Hall–Kier alpha value is -1.56. The molecule has 1 rings (SSSR count). The molecule has 3 N–H and O–H groups in total. The van der Waals surface area contributed by atoms with E-state index >= 15 is 0 Å². The molecule has 0 aromatic carbocycles. The Labute approximate surface area is 107 Å². The molecule has 0 atom stereocenters. The van der Waals surface area contributed by atoms with E-state index in [0.717, 1.165) is 18.5 Å². The van der Waals surface area contributed by atoms with Crippen molar-refractivity contribution in [2.75, 3.05) is 32.5 Å². The van der Waals surface area contributed by atoms with Crippen LogP contribution < -0.4 is 5.73 Å². The number of amides is 1. The molecule has 0 bridgehead atoms. The van der Waals surface area contributed by atoms with Crippen LogP contribution in [0.3, 0.4) is 0 Å². The van der Waals surface area contributed by atoms with Gasteiger partial charge in [0.15, 0.2) is 5.69 Å². The zero-order chi connectivity index (χ0) is 13.5. The molecule has 1 heterocycles. The highest BCUT2D eigenvalue weighted by Crippen LogP contribution is 2.16. The largest absolute Gasteiger partial charge is 0.395 e. The monoisotopic (exact) mass is 254 g/mol. The number of H-pyrrole nitrogens is 1. The maximum absolute atomic E-state index is 12.1. The number of ether oxygens (including phenoxy) is 1. The fourth-order valence-electron chi connectivity index (χ4n) is 1.62. The number of likely N-dealkylation sites (N-methyl/N-ethyl adjacent to an activating group) is 1. The molecule has 0 fully saturated rings. The number of hydrogen-bond acceptors (Lipinski definition) is 4. The van der Waals surface area contributed by atoms with Crippen molar-refractivity contribution >= 4 is 11.6 Å². The van der Waals surface area contributed by atoms with E-state index in [2.05, 4.69) is 17.1 Å². The standard InChI is InChI=1S/C12H22N4O2/c1-4-6-9-10(13)11(15-14-9)12(17)16(3)7-8-18-5-2/h4-8,13H2,1-3H3,(H,14,15). The van der Waals surface area contributed by atoms with Crippen molar-refractivity contribution in [2.45, 2.75) is 26.7 Å². The number of carbonyl (C=O) groups excluding carboxylic acids is 1. The second-order valence-electron chi connectivity index (χ2n) is 4.14. The lowest BCUT2D eigenvalue weighted by atomic mass is 10.2. The Morgan fingerprint density at radius 2 is 2.22 bits per heavy atom. The van der Waals surface area contributed by atoms with Crippen LogP contribution in [0.1, 0.15) is 36.5 Å². The van der Waals surface area contributed by atoms with E-state index < -0.39 is 0 Å². The van der Waals surface area contributed by atoms with Crippen LogP contribution >= 0.6 is 0 Å². The van der Waals surface area contributed by atoms with Gasteiger partial charge in [0.25, 0.3) is 5.91 Å². The minimum absolute atomic E-state index is 0.175. The maximum Gasteiger partial charge on any atom is 0.276 e. The van der Waals surface area contributed by atoms with Crippen molar-refractivity contribution in [3.8, 4) is 0 Å². The number of nitrogens with zero attached hydrogens (tertiary/aromatic N) is 2. The van der Waals surface area contributed by atoms with E-state index in [1.54, 1.807) is 11.9 Å². The molecule has 6 heteroatoms. The number of hydrogen-bond donors (Lipinski definition) is 2. The van der Waals surface area contributed by atoms with Crippen LogP contribution in [0.5, 0.6) is 0 Å². The molecular weight excluding hydrogens is 232 g/mol. The van der Waals surface area contributed by atoms with Gasteiger partial charge in [-0.1, -0.05) is 13.3 Å². The first-order chi connectivity index (χ1) is 8.61. The molecule has 1 aromatic heterocycles. The predicted octanol–water partition coefficient (Wildman–Crippen LogP) is 1.05. The summed E-state index contributed by atoms with van der Waals surface area (Å²) in [6.07, 6.45) is 1.76. The van der Waals surface area contributed by atoms with Gasteiger partial charge in [-0.15, -0.1) is 0 Å². The van der Waals surface area contributed by atoms with Gasteiger partial charge in [0, 0.05) is 20.2 Å². The first kappa shape index (κ1) is 14.5. The third kappa shape index (κ3) is 3.46. The number of nitrogens with two attached hydrogens (primary N) is 1. The van der Waals surface area contributed by atoms with Crippen LogP contribution in [-0.4, -0.2) is 47.8 Å². The third-order valence-corrected chi connectivity index (χ3v) is 2.71. The fraction of sp³-hybridized carbons (Fsp3) is 0.667. The third-order valence-electron chi connectivity index (χ3n) is 2.71. The summed E-state index contributed by atoms with van der Waals surface area (Å²) < 4.78 is 5.21. The maximum atomic E-state index is 12.1. The van der Waals surface area contributed by atoms with Crippen molar-refractivity contribution in [1.82, 2.24) is 15.1 Å². The Morgan fingerprint density at radius 3 is 2.83 bits per heavy atom. The highest BCUT2D eigenvalue weighted by Gasteiger charge is 2.19. The number of aromatic amines is 1. The molecule has 0 aliphatic heterocycles. The zero-order valence-corrected chi connectivity index (χ0v) is 11.3. The molecule has 6 nitrogen and oxygen atoms in total. The number of aromatic nitrogens is 2. The topological polar surface area (TPSA) is 84.2 Å². The lowest BCUT2D eigenvalue weighted by molar-refractivity contribution is 0.0705. The summed E-state index contributed by atoms with van der Waals surface area (Å²) in [5.41, 5.74) is 7.51. The second-order valence-corrected chi connectivity index (χ2v) is 4.14. The van der Waals surface area contributed by atoms with Gasteiger partial charge in [-0.2, -0.15) is 5.10 Å². The molecule has 0 unspecified atom stereocenters. The first-order valence-electron chi connectivity index (χ1n) is 6.27. The van der Waals surface area contributed by atoms with Crippen molar-refractivity contribution < 1.29 is 9.53 Å². The Morgan fingerprint density at radius 1 is 1.50 bits per heavy atom. The van der Waals surface area contributed by atoms with Gasteiger partial charge in [0.05, 0.1) is 18.0 Å². The first-order valence-corrected chi connectivity index (χ1v) is 6.27. The van der Waals surface area contributed by atoms with Gasteiger partial charge >= 0.3 is 0 Å². The smallest absolute Gasteiger partial charge is 0.276 e. The van der Waals surface area contributed by atoms with E-state index in [9.17, 15) is 4.79 Å². The van der Waals surface area contributed by atoms with Crippen LogP contribution in [0, 0.1) is 0 Å². The van der Waals surface area contributed by atoms with E-state index in [-0.39, 0.29) is 5.91 Å². The number of aryl methyl sites for hydroxylation is 1. The van der Waals surface area contributed by atoms with E-state index in [0.29, 0.717) is 31.1 Å². The summed E-state index contributed by atoms with van der Waals surface area (Å²) in [5, 5.41) is 6.83. The second kappa shape index (κ2) is 7.00.